The van der Waals surface area contributed by atoms with Gasteiger partial charge in [-0.3, -0.25) is 0 Å². The lowest BCUT2D eigenvalue weighted by Crippen LogP contribution is -2.35. The second-order valence-electron chi connectivity index (χ2n) is 1.53. The fraction of sp³-hybridized carbons (Fsp3) is 0.750. The molecule has 0 saturated carbocycles. The van der Waals surface area contributed by atoms with Gasteiger partial charge in [-0.05, 0) is 0 Å². The van der Waals surface area contributed by atoms with Crippen molar-refractivity contribution in [3.05, 3.63) is 6.17 Å². The maximum absolute atomic E-state index is 11.7. The van der Waals surface area contributed by atoms with Gasteiger partial charge in [-0.2, -0.15) is 22.0 Å². The Labute approximate surface area is 57.9 Å². The van der Waals surface area contributed by atoms with Gasteiger partial charge in [0.05, 0.1) is 0 Å². The van der Waals surface area contributed by atoms with Crippen LogP contribution in [-0.4, -0.2) is 19.4 Å². The maximum Gasteiger partial charge on any atom is 0.435 e. The van der Waals surface area contributed by atoms with Crippen LogP contribution >= 0.6 is 0 Å². The standard InChI is InChI=1S/C4H3F6O/c1-11-4(9,10)2(5)3(6,7)8/h1H3. The lowest BCUT2D eigenvalue weighted by Gasteiger charge is -2.18. The molecule has 0 atom stereocenters. The molecule has 0 aromatic carbocycles. The molecule has 0 fully saturated rings. The Balaban J connectivity index is 4.35. The normalized spacial score (nSPS) is 14.2. The van der Waals surface area contributed by atoms with Crippen LogP contribution in [0, 0.1) is 6.17 Å². The summed E-state index contributed by atoms with van der Waals surface area (Å²) >= 11 is 0. The molecule has 1 radical (unpaired) electrons. The highest BCUT2D eigenvalue weighted by atomic mass is 19.4. The minimum absolute atomic E-state index is 0.269. The summed E-state index contributed by atoms with van der Waals surface area (Å²) in [6.07, 6.45) is -14.0. The summed E-state index contributed by atoms with van der Waals surface area (Å²) in [4.78, 5) is 0. The van der Waals surface area contributed by atoms with Crippen molar-refractivity contribution < 1.29 is 31.1 Å². The van der Waals surface area contributed by atoms with Crippen LogP contribution in [0.5, 0.6) is 0 Å². The number of methoxy groups -OCH3 is 1. The van der Waals surface area contributed by atoms with Crippen molar-refractivity contribution in [2.45, 2.75) is 12.3 Å². The Bertz CT molecular complexity index is 129. The van der Waals surface area contributed by atoms with E-state index in [4.69, 9.17) is 0 Å². The first-order chi connectivity index (χ1) is 4.72. The summed E-state index contributed by atoms with van der Waals surface area (Å²) in [6.45, 7) is 0. The van der Waals surface area contributed by atoms with E-state index in [2.05, 4.69) is 4.74 Å². The number of hydrogen-bond acceptors (Lipinski definition) is 1. The van der Waals surface area contributed by atoms with Crippen molar-refractivity contribution in [3.8, 4) is 0 Å². The number of alkyl halides is 5. The number of halogens is 6. The highest BCUT2D eigenvalue weighted by molar-refractivity contribution is 4.94. The molecule has 0 amide bonds. The molecule has 0 N–H and O–H groups in total. The minimum Gasteiger partial charge on any atom is -0.321 e. The molecule has 0 aromatic heterocycles. The fourth-order valence-electron chi connectivity index (χ4n) is 0.255. The van der Waals surface area contributed by atoms with Gasteiger partial charge in [0.25, 0.3) is 0 Å². The molecular weight excluding hydrogens is 178 g/mol. The van der Waals surface area contributed by atoms with Crippen LogP contribution in [0.1, 0.15) is 0 Å². The lowest BCUT2D eigenvalue weighted by atomic mass is 10.3. The van der Waals surface area contributed by atoms with E-state index in [9.17, 15) is 26.3 Å². The summed E-state index contributed by atoms with van der Waals surface area (Å²) in [5, 5.41) is 0. The molecule has 0 aliphatic rings. The van der Waals surface area contributed by atoms with Crippen LogP contribution in [-0.2, 0) is 4.74 Å². The summed E-state index contributed by atoms with van der Waals surface area (Å²) in [5.74, 6) is 0. The molecule has 67 valence electrons. The van der Waals surface area contributed by atoms with Gasteiger partial charge in [-0.15, -0.1) is 0 Å². The Hall–Kier alpha value is -0.460. The third-order valence-corrected chi connectivity index (χ3v) is 0.761. The van der Waals surface area contributed by atoms with Gasteiger partial charge in [-0.25, -0.2) is 4.39 Å². The van der Waals surface area contributed by atoms with Gasteiger partial charge in [0.15, 0.2) is 0 Å². The van der Waals surface area contributed by atoms with Gasteiger partial charge in [0.2, 0.25) is 0 Å². The molecule has 0 aliphatic carbocycles. The summed E-state index contributed by atoms with van der Waals surface area (Å²) in [6, 6.07) is 0. The zero-order valence-electron chi connectivity index (χ0n) is 5.18. The molecule has 0 spiro atoms. The zero-order valence-corrected chi connectivity index (χ0v) is 5.18. The largest absolute Gasteiger partial charge is 0.435 e. The van der Waals surface area contributed by atoms with E-state index >= 15 is 0 Å². The molecule has 0 heterocycles. The highest BCUT2D eigenvalue weighted by Gasteiger charge is 2.59. The average molecular weight is 181 g/mol. The third-order valence-electron chi connectivity index (χ3n) is 0.761. The SMILES string of the molecule is COC(F)(F)[C](F)C(F)(F)F. The predicted octanol–water partition coefficient (Wildman–Crippen LogP) is 2.29. The van der Waals surface area contributed by atoms with E-state index in [-0.39, 0.29) is 7.11 Å². The molecule has 7 heteroatoms. The van der Waals surface area contributed by atoms with Crippen LogP contribution in [0.25, 0.3) is 0 Å². The van der Waals surface area contributed by atoms with Crippen molar-refractivity contribution in [3.63, 3.8) is 0 Å². The molecule has 11 heavy (non-hydrogen) atoms. The molecule has 0 unspecified atom stereocenters. The van der Waals surface area contributed by atoms with Gasteiger partial charge < -0.3 is 4.74 Å². The molecule has 0 rings (SSSR count). The smallest absolute Gasteiger partial charge is 0.321 e. The van der Waals surface area contributed by atoms with E-state index in [0.29, 0.717) is 0 Å². The quantitative estimate of drug-likeness (QED) is 0.594. The van der Waals surface area contributed by atoms with Crippen LogP contribution in [0.4, 0.5) is 26.3 Å². The van der Waals surface area contributed by atoms with E-state index in [1.165, 1.54) is 0 Å². The van der Waals surface area contributed by atoms with Crippen molar-refractivity contribution in [1.29, 1.82) is 0 Å². The van der Waals surface area contributed by atoms with E-state index in [1.807, 2.05) is 0 Å². The predicted molar refractivity (Wildman–Crippen MR) is 22.4 cm³/mol. The molecule has 0 aliphatic heterocycles. The number of rotatable bonds is 2. The summed E-state index contributed by atoms with van der Waals surface area (Å²) in [7, 11) is 0.269. The Morgan fingerprint density at radius 1 is 1.09 bits per heavy atom. The molecule has 0 bridgehead atoms. The minimum atomic E-state index is -5.68. The average Bonchev–Trinajstić information content (AvgIpc) is 1.84. The van der Waals surface area contributed by atoms with E-state index < -0.39 is 18.5 Å². The van der Waals surface area contributed by atoms with Crippen LogP contribution < -0.4 is 0 Å². The Morgan fingerprint density at radius 2 is 1.45 bits per heavy atom. The van der Waals surface area contributed by atoms with Crippen LogP contribution in [0.3, 0.4) is 0 Å². The van der Waals surface area contributed by atoms with Crippen LogP contribution in [0.15, 0.2) is 0 Å². The van der Waals surface area contributed by atoms with E-state index in [0.717, 1.165) is 0 Å². The first kappa shape index (κ1) is 10.5. The Kier molecular flexibility index (Phi) is 2.76. The monoisotopic (exact) mass is 181 g/mol. The summed E-state index contributed by atoms with van der Waals surface area (Å²) < 4.78 is 71.4. The van der Waals surface area contributed by atoms with Crippen molar-refractivity contribution >= 4 is 0 Å². The first-order valence-corrected chi connectivity index (χ1v) is 2.25. The van der Waals surface area contributed by atoms with Gasteiger partial charge in [0, 0.05) is 7.11 Å². The highest BCUT2D eigenvalue weighted by Crippen LogP contribution is 2.41. The van der Waals surface area contributed by atoms with Gasteiger partial charge in [-0.1, -0.05) is 0 Å². The second-order valence-corrected chi connectivity index (χ2v) is 1.53. The zero-order chi connectivity index (χ0) is 9.28. The number of hydrogen-bond donors (Lipinski definition) is 0. The van der Waals surface area contributed by atoms with E-state index in [1.54, 1.807) is 0 Å². The third kappa shape index (κ3) is 2.57. The van der Waals surface area contributed by atoms with Gasteiger partial charge in [0.1, 0.15) is 0 Å². The van der Waals surface area contributed by atoms with Gasteiger partial charge >= 0.3 is 18.5 Å². The molecular formula is C4H3F6O. The maximum atomic E-state index is 11.7. The summed E-state index contributed by atoms with van der Waals surface area (Å²) in [5.41, 5.74) is 0. The molecule has 1 nitrogen and oxygen atoms in total. The second kappa shape index (κ2) is 2.88. The molecule has 0 saturated heterocycles. The topological polar surface area (TPSA) is 9.23 Å². The van der Waals surface area contributed by atoms with Crippen molar-refractivity contribution in [2.75, 3.05) is 7.11 Å². The Morgan fingerprint density at radius 3 is 1.55 bits per heavy atom. The first-order valence-electron chi connectivity index (χ1n) is 2.25. The fourth-order valence-corrected chi connectivity index (χ4v) is 0.255. The molecule has 0 aromatic rings. The van der Waals surface area contributed by atoms with Crippen molar-refractivity contribution in [2.24, 2.45) is 0 Å². The van der Waals surface area contributed by atoms with Crippen molar-refractivity contribution in [1.82, 2.24) is 0 Å². The lowest BCUT2D eigenvalue weighted by molar-refractivity contribution is -0.280. The van der Waals surface area contributed by atoms with Crippen LogP contribution in [0.2, 0.25) is 0 Å². The number of ether oxygens (including phenoxy) is 1.